The molecule has 1 saturated heterocycles. The highest BCUT2D eigenvalue weighted by Crippen LogP contribution is 2.22. The molecule has 26 heavy (non-hydrogen) atoms. The Hall–Kier alpha value is -1.64. The maximum atomic E-state index is 12.2. The van der Waals surface area contributed by atoms with Gasteiger partial charge in [0.1, 0.15) is 11.9 Å². The van der Waals surface area contributed by atoms with Crippen LogP contribution in [-0.4, -0.2) is 45.8 Å². The Morgan fingerprint density at radius 3 is 2.88 bits per heavy atom. The topological polar surface area (TPSA) is 99.7 Å². The first-order valence-electron chi connectivity index (χ1n) is 8.66. The van der Waals surface area contributed by atoms with Crippen LogP contribution < -0.4 is 15.4 Å². The zero-order valence-corrected chi connectivity index (χ0v) is 16.3. The third-order valence-electron chi connectivity index (χ3n) is 4.62. The van der Waals surface area contributed by atoms with E-state index in [-0.39, 0.29) is 29.0 Å². The number of aliphatic imine (C=N–C) groups is 1. The fraction of sp³-hybridized carbons (Fsp3) is 0.529. The summed E-state index contributed by atoms with van der Waals surface area (Å²) in [6, 6.07) is 5.97. The molecule has 2 unspecified atom stereocenters. The fourth-order valence-corrected chi connectivity index (χ4v) is 4.44. The van der Waals surface area contributed by atoms with Crippen LogP contribution in [0.15, 0.2) is 34.2 Å². The number of benzene rings is 1. The van der Waals surface area contributed by atoms with Gasteiger partial charge in [-0.1, -0.05) is 12.1 Å². The van der Waals surface area contributed by atoms with E-state index < -0.39 is 16.1 Å². The second-order valence-electron chi connectivity index (χ2n) is 6.55. The Balaban J connectivity index is 0.00000243. The summed E-state index contributed by atoms with van der Waals surface area (Å²) >= 11 is 0. The molecule has 3 rings (SSSR count). The SMILES string of the molecule is CC(N=C1NS(=O)(=O)c2ccccc21)C(=O)NCCC1CCCNC1.Cl. The summed E-state index contributed by atoms with van der Waals surface area (Å²) in [5.41, 5.74) is 0.510. The number of rotatable bonds is 5. The number of sulfonamides is 1. The smallest absolute Gasteiger partial charge is 0.263 e. The molecule has 2 aliphatic heterocycles. The summed E-state index contributed by atoms with van der Waals surface area (Å²) in [7, 11) is -3.58. The molecular formula is C17H25ClN4O3S. The van der Waals surface area contributed by atoms with Crippen molar-refractivity contribution in [2.24, 2.45) is 10.9 Å². The molecule has 1 aromatic rings. The highest BCUT2D eigenvalue weighted by molar-refractivity contribution is 7.90. The molecule has 3 N–H and O–H groups in total. The summed E-state index contributed by atoms with van der Waals surface area (Å²) < 4.78 is 26.6. The summed E-state index contributed by atoms with van der Waals surface area (Å²) in [4.78, 5) is 16.7. The molecule has 0 spiro atoms. The van der Waals surface area contributed by atoms with Crippen LogP contribution in [0.3, 0.4) is 0 Å². The van der Waals surface area contributed by atoms with Crippen LogP contribution in [-0.2, 0) is 14.8 Å². The zero-order chi connectivity index (χ0) is 17.9. The normalized spacial score (nSPS) is 23.4. The van der Waals surface area contributed by atoms with E-state index in [1.165, 1.54) is 18.9 Å². The van der Waals surface area contributed by atoms with Gasteiger partial charge in [-0.15, -0.1) is 12.4 Å². The average Bonchev–Trinajstić information content (AvgIpc) is 2.86. The lowest BCUT2D eigenvalue weighted by Gasteiger charge is -2.22. The van der Waals surface area contributed by atoms with Gasteiger partial charge in [-0.2, -0.15) is 0 Å². The van der Waals surface area contributed by atoms with Crippen LogP contribution in [0.1, 0.15) is 31.7 Å². The molecule has 0 radical (unpaired) electrons. The minimum Gasteiger partial charge on any atom is -0.354 e. The van der Waals surface area contributed by atoms with Crippen LogP contribution in [0.4, 0.5) is 0 Å². The first-order valence-corrected chi connectivity index (χ1v) is 10.1. The van der Waals surface area contributed by atoms with Crippen LogP contribution in [0.5, 0.6) is 0 Å². The predicted octanol–water partition coefficient (Wildman–Crippen LogP) is 1.04. The number of fused-ring (bicyclic) bond motifs is 1. The highest BCUT2D eigenvalue weighted by atomic mass is 35.5. The number of nitrogens with zero attached hydrogens (tertiary/aromatic N) is 1. The highest BCUT2D eigenvalue weighted by Gasteiger charge is 2.31. The van der Waals surface area contributed by atoms with E-state index in [4.69, 9.17) is 0 Å². The van der Waals surface area contributed by atoms with Gasteiger partial charge in [0.15, 0.2) is 0 Å². The van der Waals surface area contributed by atoms with Crippen molar-refractivity contribution in [3.05, 3.63) is 29.8 Å². The van der Waals surface area contributed by atoms with Gasteiger partial charge in [0.05, 0.1) is 4.90 Å². The van der Waals surface area contributed by atoms with Gasteiger partial charge in [0.2, 0.25) is 5.91 Å². The minimum absolute atomic E-state index is 0. The van der Waals surface area contributed by atoms with Gasteiger partial charge in [-0.05, 0) is 57.3 Å². The molecule has 2 aliphatic rings. The number of nitrogens with one attached hydrogen (secondary N) is 3. The van der Waals surface area contributed by atoms with Gasteiger partial charge in [0, 0.05) is 12.1 Å². The minimum atomic E-state index is -3.58. The van der Waals surface area contributed by atoms with Crippen LogP contribution in [0.25, 0.3) is 0 Å². The van der Waals surface area contributed by atoms with Gasteiger partial charge in [-0.25, -0.2) is 8.42 Å². The fourth-order valence-electron chi connectivity index (χ4n) is 3.20. The standard InChI is InChI=1S/C17H24N4O3S.ClH/c1-12(17(22)19-10-8-13-5-4-9-18-11-13)20-16-14-6-2-3-7-15(14)25(23,24)21-16;/h2-3,6-7,12-13,18H,4-5,8-11H2,1H3,(H,19,22)(H,20,21);1H. The third-order valence-corrected chi connectivity index (χ3v) is 6.01. The number of hydrogen-bond acceptors (Lipinski definition) is 5. The lowest BCUT2D eigenvalue weighted by molar-refractivity contribution is -0.121. The van der Waals surface area contributed by atoms with E-state index in [0.717, 1.165) is 19.5 Å². The molecule has 0 saturated carbocycles. The lowest BCUT2D eigenvalue weighted by Crippen LogP contribution is -2.37. The van der Waals surface area contributed by atoms with Gasteiger partial charge in [0.25, 0.3) is 10.0 Å². The molecule has 7 nitrogen and oxygen atoms in total. The molecule has 1 fully saturated rings. The largest absolute Gasteiger partial charge is 0.354 e. The predicted molar refractivity (Wildman–Crippen MR) is 103 cm³/mol. The molecule has 144 valence electrons. The third kappa shape index (κ3) is 4.75. The van der Waals surface area contributed by atoms with E-state index in [1.54, 1.807) is 25.1 Å². The monoisotopic (exact) mass is 400 g/mol. The number of hydrogen-bond donors (Lipinski definition) is 3. The van der Waals surface area contributed by atoms with Crippen LogP contribution in [0.2, 0.25) is 0 Å². The van der Waals surface area contributed by atoms with Crippen molar-refractivity contribution < 1.29 is 13.2 Å². The second-order valence-corrected chi connectivity index (χ2v) is 8.20. The van der Waals surface area contributed by atoms with Crippen molar-refractivity contribution in [1.82, 2.24) is 15.4 Å². The molecule has 9 heteroatoms. The van der Waals surface area contributed by atoms with Crippen molar-refractivity contribution in [2.45, 2.75) is 37.1 Å². The van der Waals surface area contributed by atoms with Crippen molar-refractivity contribution in [3.63, 3.8) is 0 Å². The van der Waals surface area contributed by atoms with Crippen molar-refractivity contribution in [1.29, 1.82) is 0 Å². The number of carbonyl (C=O) groups excluding carboxylic acids is 1. The summed E-state index contributed by atoms with van der Waals surface area (Å²) in [6.07, 6.45) is 3.32. The number of halogens is 1. The van der Waals surface area contributed by atoms with Gasteiger partial charge >= 0.3 is 0 Å². The van der Waals surface area contributed by atoms with E-state index in [9.17, 15) is 13.2 Å². The van der Waals surface area contributed by atoms with Crippen molar-refractivity contribution >= 4 is 34.2 Å². The van der Waals surface area contributed by atoms with E-state index in [1.807, 2.05) is 0 Å². The molecule has 1 aromatic carbocycles. The first-order chi connectivity index (χ1) is 12.0. The lowest BCUT2D eigenvalue weighted by atomic mass is 9.96. The van der Waals surface area contributed by atoms with Crippen LogP contribution >= 0.6 is 12.4 Å². The van der Waals surface area contributed by atoms with Crippen molar-refractivity contribution in [3.8, 4) is 0 Å². The van der Waals surface area contributed by atoms with E-state index >= 15 is 0 Å². The number of amides is 1. The Labute approximate surface area is 160 Å². The van der Waals surface area contributed by atoms with E-state index in [2.05, 4.69) is 20.3 Å². The summed E-state index contributed by atoms with van der Waals surface area (Å²) in [6.45, 7) is 4.36. The van der Waals surface area contributed by atoms with Crippen LogP contribution in [0, 0.1) is 5.92 Å². The van der Waals surface area contributed by atoms with Gasteiger partial charge < -0.3 is 10.6 Å². The summed E-state index contributed by atoms with van der Waals surface area (Å²) in [5.74, 6) is 0.638. The Bertz CT molecular complexity index is 776. The Morgan fingerprint density at radius 1 is 1.38 bits per heavy atom. The summed E-state index contributed by atoms with van der Waals surface area (Å²) in [5, 5.41) is 6.26. The molecule has 1 amide bonds. The maximum Gasteiger partial charge on any atom is 0.263 e. The quantitative estimate of drug-likeness (QED) is 0.687. The number of piperidine rings is 1. The molecule has 0 aromatic heterocycles. The Morgan fingerprint density at radius 2 is 2.15 bits per heavy atom. The first kappa shape index (κ1) is 20.7. The molecule has 0 aliphatic carbocycles. The molecular weight excluding hydrogens is 376 g/mol. The average molecular weight is 401 g/mol. The maximum absolute atomic E-state index is 12.2. The van der Waals surface area contributed by atoms with E-state index in [0.29, 0.717) is 18.0 Å². The zero-order valence-electron chi connectivity index (χ0n) is 14.7. The van der Waals surface area contributed by atoms with Crippen molar-refractivity contribution in [2.75, 3.05) is 19.6 Å². The number of amidine groups is 1. The Kier molecular flexibility index (Phi) is 7.02. The molecule has 2 heterocycles. The molecule has 0 bridgehead atoms. The van der Waals surface area contributed by atoms with Gasteiger partial charge in [-0.3, -0.25) is 14.5 Å². The number of carbonyl (C=O) groups is 1. The molecule has 2 atom stereocenters. The second kappa shape index (κ2) is 8.83.